The predicted octanol–water partition coefficient (Wildman–Crippen LogP) is 3.89. The van der Waals surface area contributed by atoms with Gasteiger partial charge in [0, 0.05) is 37.9 Å². The van der Waals surface area contributed by atoms with Gasteiger partial charge in [0.1, 0.15) is 16.7 Å². The van der Waals surface area contributed by atoms with Crippen LogP contribution in [0, 0.1) is 0 Å². The maximum atomic E-state index is 4.68. The molecule has 0 spiro atoms. The first kappa shape index (κ1) is 24.0. The van der Waals surface area contributed by atoms with E-state index >= 15 is 0 Å². The average molecular weight is 532 g/mol. The molecule has 0 bridgehead atoms. The number of halogens is 1. The summed E-state index contributed by atoms with van der Waals surface area (Å²) >= 11 is 1.69. The second kappa shape index (κ2) is 12.5. The first-order valence-electron chi connectivity index (χ1n) is 10.5. The first-order chi connectivity index (χ1) is 13.7. The highest BCUT2D eigenvalue weighted by Gasteiger charge is 2.14. The maximum absolute atomic E-state index is 4.68. The van der Waals surface area contributed by atoms with Crippen molar-refractivity contribution >= 4 is 41.3 Å². The van der Waals surface area contributed by atoms with Gasteiger partial charge in [-0.15, -0.1) is 45.5 Å². The van der Waals surface area contributed by atoms with Crippen LogP contribution in [0.1, 0.15) is 74.7 Å². The van der Waals surface area contributed by atoms with Crippen molar-refractivity contribution in [3.8, 4) is 0 Å². The number of fused-ring (bicyclic) bond motifs is 1. The number of hydrogen-bond acceptors (Lipinski definition) is 5. The zero-order valence-electron chi connectivity index (χ0n) is 17.8. The van der Waals surface area contributed by atoms with E-state index in [0.29, 0.717) is 12.5 Å². The second-order valence-electron chi connectivity index (χ2n) is 7.54. The van der Waals surface area contributed by atoms with Gasteiger partial charge >= 0.3 is 0 Å². The van der Waals surface area contributed by atoms with Crippen LogP contribution in [0.2, 0.25) is 0 Å². The Morgan fingerprint density at radius 1 is 1.24 bits per heavy atom. The molecule has 2 aromatic rings. The van der Waals surface area contributed by atoms with Crippen LogP contribution in [0.15, 0.2) is 10.4 Å². The summed E-state index contributed by atoms with van der Waals surface area (Å²) in [5.74, 6) is 3.61. The molecule has 29 heavy (non-hydrogen) atoms. The van der Waals surface area contributed by atoms with E-state index in [2.05, 4.69) is 61.5 Å². The molecule has 3 heterocycles. The Morgan fingerprint density at radius 2 is 2.10 bits per heavy atom. The van der Waals surface area contributed by atoms with Crippen molar-refractivity contribution < 1.29 is 0 Å². The van der Waals surface area contributed by atoms with Crippen molar-refractivity contribution in [1.29, 1.82) is 0 Å². The molecule has 1 aliphatic heterocycles. The van der Waals surface area contributed by atoms with Crippen molar-refractivity contribution in [2.45, 2.75) is 78.3 Å². The third kappa shape index (κ3) is 7.20. The Bertz CT molecular complexity index is 769. The van der Waals surface area contributed by atoms with E-state index in [4.69, 9.17) is 0 Å². The van der Waals surface area contributed by atoms with E-state index in [1.54, 1.807) is 11.3 Å². The third-order valence-electron chi connectivity index (χ3n) is 4.93. The minimum absolute atomic E-state index is 0. The number of hydrogen-bond donors (Lipinski definition) is 2. The molecule has 0 fully saturated rings. The number of thiazole rings is 1. The number of rotatable bonds is 8. The lowest BCUT2D eigenvalue weighted by molar-refractivity contribution is 0.594. The summed E-state index contributed by atoms with van der Waals surface area (Å²) in [4.78, 5) is 9.34. The van der Waals surface area contributed by atoms with E-state index in [1.807, 2.05) is 0 Å². The van der Waals surface area contributed by atoms with E-state index in [0.717, 1.165) is 61.4 Å². The van der Waals surface area contributed by atoms with Crippen molar-refractivity contribution in [2.24, 2.45) is 4.99 Å². The van der Waals surface area contributed by atoms with Gasteiger partial charge in [-0.1, -0.05) is 20.3 Å². The summed E-state index contributed by atoms with van der Waals surface area (Å²) in [7, 11) is 0. The molecule has 0 radical (unpaired) electrons. The molecule has 7 nitrogen and oxygen atoms in total. The summed E-state index contributed by atoms with van der Waals surface area (Å²) in [5.41, 5.74) is 1.15. The molecule has 9 heteroatoms. The van der Waals surface area contributed by atoms with Crippen LogP contribution in [0.4, 0.5) is 0 Å². The van der Waals surface area contributed by atoms with Crippen LogP contribution in [-0.2, 0) is 25.9 Å². The largest absolute Gasteiger partial charge is 0.357 e. The van der Waals surface area contributed by atoms with E-state index in [1.165, 1.54) is 25.1 Å². The second-order valence-corrected chi connectivity index (χ2v) is 8.48. The predicted molar refractivity (Wildman–Crippen MR) is 130 cm³/mol. The van der Waals surface area contributed by atoms with Gasteiger partial charge in [-0.3, -0.25) is 0 Å². The van der Waals surface area contributed by atoms with Crippen molar-refractivity contribution in [3.63, 3.8) is 0 Å². The Balaban J connectivity index is 0.00000300. The molecule has 0 aromatic carbocycles. The summed E-state index contributed by atoms with van der Waals surface area (Å²) in [6.07, 6.45) is 6.80. The van der Waals surface area contributed by atoms with Gasteiger partial charge in [0.2, 0.25) is 0 Å². The molecule has 1 aliphatic rings. The van der Waals surface area contributed by atoms with Crippen molar-refractivity contribution in [3.05, 3.63) is 27.7 Å². The smallest absolute Gasteiger partial charge is 0.191 e. The average Bonchev–Trinajstić information content (AvgIpc) is 3.24. The summed E-state index contributed by atoms with van der Waals surface area (Å²) in [6, 6.07) is 0. The minimum Gasteiger partial charge on any atom is -0.357 e. The van der Waals surface area contributed by atoms with Crippen LogP contribution >= 0.6 is 35.3 Å². The molecule has 0 unspecified atom stereocenters. The molecule has 0 saturated heterocycles. The standard InChI is InChI=1S/C20H33N7S.HI/c1-4-21-20(23-13-19-24-16(14-28-19)15(2)3)22-11-8-10-18-26-25-17-9-6-5-7-12-27(17)18;/h14-15H,4-13H2,1-3H3,(H2,21,22,23);1H. The molecular formula is C20H34IN7S. The number of nitrogens with one attached hydrogen (secondary N) is 2. The van der Waals surface area contributed by atoms with Gasteiger partial charge in [-0.05, 0) is 32.1 Å². The number of nitrogens with zero attached hydrogens (tertiary/aromatic N) is 5. The van der Waals surface area contributed by atoms with Crippen molar-refractivity contribution in [2.75, 3.05) is 13.1 Å². The van der Waals surface area contributed by atoms with Gasteiger partial charge in [0.15, 0.2) is 5.96 Å². The third-order valence-corrected chi connectivity index (χ3v) is 5.79. The number of aliphatic imine (C=N–C) groups is 1. The lowest BCUT2D eigenvalue weighted by Gasteiger charge is -2.11. The Hall–Kier alpha value is -1.23. The monoisotopic (exact) mass is 531 g/mol. The highest BCUT2D eigenvalue weighted by atomic mass is 127. The van der Waals surface area contributed by atoms with Gasteiger partial charge < -0.3 is 15.2 Å². The normalized spacial score (nSPS) is 14.3. The fraction of sp³-hybridized carbons (Fsp3) is 0.700. The zero-order valence-corrected chi connectivity index (χ0v) is 20.9. The van der Waals surface area contributed by atoms with Gasteiger partial charge in [-0.25, -0.2) is 9.98 Å². The highest BCUT2D eigenvalue weighted by molar-refractivity contribution is 14.0. The molecule has 3 rings (SSSR count). The topological polar surface area (TPSA) is 80.0 Å². The molecule has 162 valence electrons. The highest BCUT2D eigenvalue weighted by Crippen LogP contribution is 2.18. The Kier molecular flexibility index (Phi) is 10.3. The lowest BCUT2D eigenvalue weighted by atomic mass is 10.2. The molecule has 0 amide bonds. The first-order valence-corrected chi connectivity index (χ1v) is 11.4. The van der Waals surface area contributed by atoms with Crippen LogP contribution in [-0.4, -0.2) is 38.8 Å². The lowest BCUT2D eigenvalue weighted by Crippen LogP contribution is -2.37. The van der Waals surface area contributed by atoms with Crippen LogP contribution < -0.4 is 10.6 Å². The van der Waals surface area contributed by atoms with Crippen molar-refractivity contribution in [1.82, 2.24) is 30.4 Å². The fourth-order valence-electron chi connectivity index (χ4n) is 3.33. The fourth-order valence-corrected chi connectivity index (χ4v) is 4.21. The van der Waals surface area contributed by atoms with Gasteiger partial charge in [0.25, 0.3) is 0 Å². The molecule has 2 aromatic heterocycles. The van der Waals surface area contributed by atoms with Gasteiger partial charge in [-0.2, -0.15) is 0 Å². The van der Waals surface area contributed by atoms with Crippen LogP contribution in [0.3, 0.4) is 0 Å². The zero-order chi connectivity index (χ0) is 19.8. The minimum atomic E-state index is 0. The molecule has 0 aliphatic carbocycles. The quantitative estimate of drug-likeness (QED) is 0.234. The number of aromatic nitrogens is 4. The maximum Gasteiger partial charge on any atom is 0.191 e. The number of guanidine groups is 1. The molecular weight excluding hydrogens is 497 g/mol. The van der Waals surface area contributed by atoms with E-state index in [9.17, 15) is 0 Å². The SMILES string of the molecule is CCNC(=NCc1nc(C(C)C)cs1)NCCCc1nnc2n1CCCCC2.I. The van der Waals surface area contributed by atoms with Gasteiger partial charge in [0.05, 0.1) is 12.2 Å². The Morgan fingerprint density at radius 3 is 2.86 bits per heavy atom. The van der Waals surface area contributed by atoms with E-state index < -0.39 is 0 Å². The molecule has 0 saturated carbocycles. The molecule has 0 atom stereocenters. The summed E-state index contributed by atoms with van der Waals surface area (Å²) < 4.78 is 2.33. The van der Waals surface area contributed by atoms with Crippen LogP contribution in [0.5, 0.6) is 0 Å². The van der Waals surface area contributed by atoms with Crippen LogP contribution in [0.25, 0.3) is 0 Å². The number of aryl methyl sites for hydroxylation is 2. The molecule has 2 N–H and O–H groups in total. The summed E-state index contributed by atoms with van der Waals surface area (Å²) in [6.45, 7) is 9.82. The summed E-state index contributed by atoms with van der Waals surface area (Å²) in [5, 5.41) is 18.8. The Labute approximate surface area is 195 Å². The van der Waals surface area contributed by atoms with E-state index in [-0.39, 0.29) is 24.0 Å².